The fourth-order valence-electron chi connectivity index (χ4n) is 6.97. The van der Waals surface area contributed by atoms with E-state index in [1.807, 2.05) is 4.90 Å². The lowest BCUT2D eigenvalue weighted by Crippen LogP contribution is -2.54. The summed E-state index contributed by atoms with van der Waals surface area (Å²) >= 11 is 0. The van der Waals surface area contributed by atoms with Crippen LogP contribution >= 0.6 is 0 Å². The Hall–Kier alpha value is -2.69. The number of nitrogens with zero attached hydrogens (tertiary/aromatic N) is 5. The average Bonchev–Trinajstić information content (AvgIpc) is 3.31. The van der Waals surface area contributed by atoms with Gasteiger partial charge in [0.05, 0.1) is 11.5 Å². The molecular formula is C29H40F3N5O3. The van der Waals surface area contributed by atoms with Crippen molar-refractivity contribution < 1.29 is 27.6 Å². The Bertz CT molecular complexity index is 1060. The van der Waals surface area contributed by atoms with Crippen LogP contribution in [0.1, 0.15) is 69.8 Å². The van der Waals surface area contributed by atoms with E-state index in [1.54, 1.807) is 16.8 Å². The van der Waals surface area contributed by atoms with Crippen LogP contribution in [0, 0.1) is 11.8 Å². The van der Waals surface area contributed by atoms with Crippen molar-refractivity contribution in [2.45, 2.75) is 82.5 Å². The molecule has 3 amide bonds. The minimum atomic E-state index is -4.47. The lowest BCUT2D eigenvalue weighted by molar-refractivity contribution is -0.138. The van der Waals surface area contributed by atoms with Crippen LogP contribution < -0.4 is 4.90 Å². The Labute approximate surface area is 233 Å². The molecular weight excluding hydrogens is 523 g/mol. The Morgan fingerprint density at radius 1 is 0.925 bits per heavy atom. The third kappa shape index (κ3) is 6.29. The van der Waals surface area contributed by atoms with Crippen LogP contribution in [0.2, 0.25) is 0 Å². The Morgan fingerprint density at radius 2 is 1.60 bits per heavy atom. The maximum atomic E-state index is 13.7. The minimum absolute atomic E-state index is 0.00623. The molecule has 3 saturated heterocycles. The number of aromatic nitrogens is 1. The van der Waals surface area contributed by atoms with Crippen molar-refractivity contribution in [1.29, 1.82) is 0 Å². The van der Waals surface area contributed by atoms with Gasteiger partial charge in [-0.3, -0.25) is 19.3 Å². The van der Waals surface area contributed by atoms with E-state index in [9.17, 15) is 27.6 Å². The maximum Gasteiger partial charge on any atom is 0.417 e. The molecule has 1 aromatic heterocycles. The normalized spacial score (nSPS) is 24.5. The summed E-state index contributed by atoms with van der Waals surface area (Å²) in [4.78, 5) is 50.3. The van der Waals surface area contributed by atoms with Crippen LogP contribution in [0.3, 0.4) is 0 Å². The molecule has 0 unspecified atom stereocenters. The van der Waals surface area contributed by atoms with Crippen molar-refractivity contribution in [3.63, 3.8) is 0 Å². The number of carbonyl (C=O) groups excluding carboxylic acids is 3. The molecule has 4 heterocycles. The van der Waals surface area contributed by atoms with Crippen LogP contribution in [0.15, 0.2) is 18.3 Å². The van der Waals surface area contributed by atoms with Gasteiger partial charge < -0.3 is 14.7 Å². The van der Waals surface area contributed by atoms with Crippen molar-refractivity contribution in [2.24, 2.45) is 11.8 Å². The molecule has 0 N–H and O–H groups in total. The summed E-state index contributed by atoms with van der Waals surface area (Å²) in [6, 6.07) is 2.61. The number of pyridine rings is 1. The Morgan fingerprint density at radius 3 is 2.15 bits per heavy atom. The number of hydrogen-bond acceptors (Lipinski definition) is 5. The Balaban J connectivity index is 1.20. The maximum absolute atomic E-state index is 13.7. The van der Waals surface area contributed by atoms with Gasteiger partial charge in [0.1, 0.15) is 5.82 Å². The van der Waals surface area contributed by atoms with Crippen molar-refractivity contribution in [3.8, 4) is 0 Å². The minimum Gasteiger partial charge on any atom is -0.345 e. The van der Waals surface area contributed by atoms with E-state index in [0.29, 0.717) is 37.9 Å². The van der Waals surface area contributed by atoms with Gasteiger partial charge in [0.2, 0.25) is 17.7 Å². The molecule has 1 atom stereocenters. The fourth-order valence-corrected chi connectivity index (χ4v) is 6.97. The quantitative estimate of drug-likeness (QED) is 0.543. The first-order chi connectivity index (χ1) is 19.1. The van der Waals surface area contributed by atoms with Crippen LogP contribution in [0.25, 0.3) is 0 Å². The summed E-state index contributed by atoms with van der Waals surface area (Å²) in [5.41, 5.74) is -0.812. The second-order valence-corrected chi connectivity index (χ2v) is 11.9. The van der Waals surface area contributed by atoms with Crippen LogP contribution in [-0.4, -0.2) is 89.3 Å². The summed E-state index contributed by atoms with van der Waals surface area (Å²) in [7, 11) is 1.74. The molecule has 8 nitrogen and oxygen atoms in total. The zero-order chi connectivity index (χ0) is 28.4. The molecule has 4 aliphatic rings. The number of rotatable bonds is 5. The number of amides is 3. The van der Waals surface area contributed by atoms with E-state index in [-0.39, 0.29) is 35.6 Å². The Kier molecular flexibility index (Phi) is 8.68. The predicted octanol–water partition coefficient (Wildman–Crippen LogP) is 3.95. The lowest BCUT2D eigenvalue weighted by atomic mass is 9.87. The third-order valence-electron chi connectivity index (χ3n) is 9.36. The van der Waals surface area contributed by atoms with E-state index in [2.05, 4.69) is 9.88 Å². The van der Waals surface area contributed by atoms with Gasteiger partial charge in [0, 0.05) is 70.4 Å². The van der Waals surface area contributed by atoms with Crippen molar-refractivity contribution in [2.75, 3.05) is 44.7 Å². The number of halogens is 3. The highest BCUT2D eigenvalue weighted by Gasteiger charge is 2.39. The standard InChI is InChI=1S/C29H40F3N5O3/c1-34-19-21(17-26(34)38)27(39)36-15-9-23(10-16-36)35-13-11-24(12-14-35)37(28(40)20-5-3-2-4-6-20)25-8-7-22(18-33-25)29(30,31)32/h7-8,18,20-21,23-24H,2-6,9-17,19H2,1H3/t21-/m1/s1. The fraction of sp³-hybridized carbons (Fsp3) is 0.724. The molecule has 0 aromatic carbocycles. The van der Waals surface area contributed by atoms with Gasteiger partial charge in [0.25, 0.3) is 0 Å². The molecule has 5 rings (SSSR count). The molecule has 4 fully saturated rings. The summed E-state index contributed by atoms with van der Waals surface area (Å²) in [5.74, 6) is 0.0662. The average molecular weight is 564 g/mol. The van der Waals surface area contributed by atoms with Crippen molar-refractivity contribution in [3.05, 3.63) is 23.9 Å². The van der Waals surface area contributed by atoms with E-state index >= 15 is 0 Å². The first-order valence-corrected chi connectivity index (χ1v) is 14.7. The zero-order valence-corrected chi connectivity index (χ0v) is 23.2. The van der Waals surface area contributed by atoms with Crippen molar-refractivity contribution in [1.82, 2.24) is 19.7 Å². The molecule has 1 saturated carbocycles. The number of likely N-dealkylation sites (tertiary alicyclic amines) is 3. The lowest BCUT2D eigenvalue weighted by Gasteiger charge is -2.44. The van der Waals surface area contributed by atoms with Crippen LogP contribution in [-0.2, 0) is 20.6 Å². The summed E-state index contributed by atoms with van der Waals surface area (Å²) in [6.45, 7) is 3.44. The second-order valence-electron chi connectivity index (χ2n) is 11.9. The number of carbonyl (C=O) groups is 3. The van der Waals surface area contributed by atoms with E-state index in [4.69, 9.17) is 0 Å². The first kappa shape index (κ1) is 28.8. The molecule has 0 radical (unpaired) electrons. The highest BCUT2D eigenvalue weighted by molar-refractivity contribution is 5.95. The van der Waals surface area contributed by atoms with Gasteiger partial charge in [0.15, 0.2) is 0 Å². The third-order valence-corrected chi connectivity index (χ3v) is 9.36. The smallest absolute Gasteiger partial charge is 0.345 e. The van der Waals surface area contributed by atoms with Gasteiger partial charge in [-0.05, 0) is 50.7 Å². The number of hydrogen-bond donors (Lipinski definition) is 0. The van der Waals surface area contributed by atoms with Crippen LogP contribution in [0.4, 0.5) is 19.0 Å². The second kappa shape index (κ2) is 12.0. The first-order valence-electron chi connectivity index (χ1n) is 14.7. The highest BCUT2D eigenvalue weighted by atomic mass is 19.4. The molecule has 1 aliphatic carbocycles. The van der Waals surface area contributed by atoms with E-state index in [0.717, 1.165) is 83.1 Å². The van der Waals surface area contributed by atoms with Crippen molar-refractivity contribution >= 4 is 23.5 Å². The van der Waals surface area contributed by atoms with E-state index < -0.39 is 11.7 Å². The highest BCUT2D eigenvalue weighted by Crippen LogP contribution is 2.34. The number of anilines is 1. The molecule has 220 valence electrons. The van der Waals surface area contributed by atoms with E-state index in [1.165, 1.54) is 6.07 Å². The zero-order valence-electron chi connectivity index (χ0n) is 23.2. The van der Waals surface area contributed by atoms with Gasteiger partial charge in [-0.25, -0.2) is 4.98 Å². The molecule has 3 aliphatic heterocycles. The monoisotopic (exact) mass is 563 g/mol. The molecule has 1 aromatic rings. The molecule has 0 spiro atoms. The van der Waals surface area contributed by atoms with Crippen LogP contribution in [0.5, 0.6) is 0 Å². The summed E-state index contributed by atoms with van der Waals surface area (Å²) < 4.78 is 39.5. The summed E-state index contributed by atoms with van der Waals surface area (Å²) in [5, 5.41) is 0. The van der Waals surface area contributed by atoms with Gasteiger partial charge in [-0.1, -0.05) is 19.3 Å². The topological polar surface area (TPSA) is 77.1 Å². The largest absolute Gasteiger partial charge is 0.417 e. The molecule has 11 heteroatoms. The van der Waals surface area contributed by atoms with Gasteiger partial charge >= 0.3 is 6.18 Å². The number of alkyl halides is 3. The van der Waals surface area contributed by atoms with Gasteiger partial charge in [-0.15, -0.1) is 0 Å². The SMILES string of the molecule is CN1C[C@H](C(=O)N2CCC(N3CCC(N(C(=O)C4CCCCC4)c4ccc(C(F)(F)F)cn4)CC3)CC2)CC1=O. The number of piperidine rings is 2. The molecule has 40 heavy (non-hydrogen) atoms. The predicted molar refractivity (Wildman–Crippen MR) is 143 cm³/mol. The summed E-state index contributed by atoms with van der Waals surface area (Å²) in [6.07, 6.45) is 4.61. The van der Waals surface area contributed by atoms with Gasteiger partial charge in [-0.2, -0.15) is 13.2 Å². The molecule has 0 bridgehead atoms.